The van der Waals surface area contributed by atoms with Crippen LogP contribution in [0, 0.1) is 21.1 Å². The van der Waals surface area contributed by atoms with Gasteiger partial charge in [-0.15, -0.1) is 12.4 Å². The van der Waals surface area contributed by atoms with E-state index in [0.717, 1.165) is 25.9 Å². The summed E-state index contributed by atoms with van der Waals surface area (Å²) in [6.45, 7) is 4.09. The van der Waals surface area contributed by atoms with Gasteiger partial charge in [0, 0.05) is 21.7 Å². The molecule has 6 heteroatoms. The quantitative estimate of drug-likeness (QED) is 0.603. The van der Waals surface area contributed by atoms with Crippen LogP contribution < -0.4 is 5.73 Å². The number of hydrogen-bond acceptors (Lipinski definition) is 2. The summed E-state index contributed by atoms with van der Waals surface area (Å²) in [5.74, 6) is -0.344. The van der Waals surface area contributed by atoms with Gasteiger partial charge in [0.25, 0.3) is 0 Å². The highest BCUT2D eigenvalue weighted by Crippen LogP contribution is 2.24. The van der Waals surface area contributed by atoms with Gasteiger partial charge >= 0.3 is 0 Å². The second kappa shape index (κ2) is 7.87. The van der Waals surface area contributed by atoms with E-state index in [1.807, 2.05) is 29.5 Å². The summed E-state index contributed by atoms with van der Waals surface area (Å²) in [6, 6.07) is 3.01. The number of nitrogens with two attached hydrogens (primary N) is 1. The van der Waals surface area contributed by atoms with Crippen LogP contribution in [0.25, 0.3) is 0 Å². The Morgan fingerprint density at radius 2 is 1.95 bits per heavy atom. The second-order valence-corrected chi connectivity index (χ2v) is 6.46. The van der Waals surface area contributed by atoms with Crippen molar-refractivity contribution < 1.29 is 8.78 Å². The maximum atomic E-state index is 13.9. The maximum Gasteiger partial charge on any atom is 0.143 e. The SMILES string of the molecule is CC(N)C1CCN(Cc2c(F)ccc(I)c2F)CC1.Cl. The fourth-order valence-electron chi connectivity index (χ4n) is 2.57. The average Bonchev–Trinajstić information content (AvgIpc) is 2.40. The number of benzene rings is 1. The molecule has 1 unspecified atom stereocenters. The molecule has 1 aromatic rings. The smallest absolute Gasteiger partial charge is 0.143 e. The first-order chi connectivity index (χ1) is 8.99. The van der Waals surface area contributed by atoms with Gasteiger partial charge in [-0.2, -0.15) is 0 Å². The lowest BCUT2D eigenvalue weighted by molar-refractivity contribution is 0.162. The monoisotopic (exact) mass is 416 g/mol. The van der Waals surface area contributed by atoms with E-state index in [9.17, 15) is 8.78 Å². The largest absolute Gasteiger partial charge is 0.328 e. The van der Waals surface area contributed by atoms with Gasteiger partial charge in [0.2, 0.25) is 0 Å². The van der Waals surface area contributed by atoms with Crippen LogP contribution in [0.15, 0.2) is 12.1 Å². The number of nitrogens with zero attached hydrogens (tertiary/aromatic N) is 1. The lowest BCUT2D eigenvalue weighted by Crippen LogP contribution is -2.39. The lowest BCUT2D eigenvalue weighted by Gasteiger charge is -2.33. The predicted octanol–water partition coefficient (Wildman–Crippen LogP) is 3.55. The van der Waals surface area contributed by atoms with Crippen LogP contribution in [0.2, 0.25) is 0 Å². The minimum atomic E-state index is -0.452. The Balaban J connectivity index is 0.00000200. The number of rotatable bonds is 3. The van der Waals surface area contributed by atoms with Gasteiger partial charge < -0.3 is 5.73 Å². The van der Waals surface area contributed by atoms with E-state index in [-0.39, 0.29) is 24.0 Å². The minimum Gasteiger partial charge on any atom is -0.328 e. The number of hydrogen-bond donors (Lipinski definition) is 1. The Morgan fingerprint density at radius 3 is 2.50 bits per heavy atom. The molecule has 1 saturated heterocycles. The number of halogens is 4. The molecule has 2 N–H and O–H groups in total. The van der Waals surface area contributed by atoms with E-state index in [0.29, 0.717) is 16.0 Å². The van der Waals surface area contributed by atoms with Crippen molar-refractivity contribution >= 4 is 35.0 Å². The van der Waals surface area contributed by atoms with Crippen LogP contribution in [0.4, 0.5) is 8.78 Å². The van der Waals surface area contributed by atoms with E-state index in [1.54, 1.807) is 0 Å². The van der Waals surface area contributed by atoms with Crippen molar-refractivity contribution in [2.45, 2.75) is 32.4 Å². The average molecular weight is 417 g/mol. The molecule has 114 valence electrons. The zero-order chi connectivity index (χ0) is 14.0. The molecule has 0 bridgehead atoms. The number of likely N-dealkylation sites (tertiary alicyclic amines) is 1. The molecule has 0 spiro atoms. The van der Waals surface area contributed by atoms with Crippen molar-refractivity contribution in [2.75, 3.05) is 13.1 Å². The first kappa shape index (κ1) is 18.1. The third-order valence-corrected chi connectivity index (χ3v) is 4.73. The lowest BCUT2D eigenvalue weighted by atomic mass is 9.91. The van der Waals surface area contributed by atoms with Crippen LogP contribution in [-0.2, 0) is 6.54 Å². The van der Waals surface area contributed by atoms with E-state index in [1.165, 1.54) is 12.1 Å². The molecule has 1 fully saturated rings. The molecular weight excluding hydrogens is 397 g/mol. The van der Waals surface area contributed by atoms with Crippen molar-refractivity contribution in [3.8, 4) is 0 Å². The Kier molecular flexibility index (Phi) is 7.11. The van der Waals surface area contributed by atoms with E-state index in [4.69, 9.17) is 5.73 Å². The molecule has 0 radical (unpaired) electrons. The van der Waals surface area contributed by atoms with Gasteiger partial charge in [-0.25, -0.2) is 8.78 Å². The molecule has 0 amide bonds. The van der Waals surface area contributed by atoms with Gasteiger partial charge in [-0.05, 0) is 73.5 Å². The van der Waals surface area contributed by atoms with Crippen LogP contribution in [0.5, 0.6) is 0 Å². The molecule has 0 aliphatic carbocycles. The minimum absolute atomic E-state index is 0. The second-order valence-electron chi connectivity index (χ2n) is 5.29. The van der Waals surface area contributed by atoms with E-state index < -0.39 is 11.6 Å². The van der Waals surface area contributed by atoms with Gasteiger partial charge in [0.1, 0.15) is 11.6 Å². The van der Waals surface area contributed by atoms with Gasteiger partial charge in [-0.3, -0.25) is 4.90 Å². The highest BCUT2D eigenvalue weighted by Gasteiger charge is 2.23. The van der Waals surface area contributed by atoms with Gasteiger partial charge in [-0.1, -0.05) is 0 Å². The standard InChI is InChI=1S/C14H19F2IN2.ClH/c1-9(18)10-4-6-19(7-5-10)8-11-12(15)2-3-13(17)14(11)16;/h2-3,9-10H,4-8,18H2,1H3;1H. The Bertz CT molecular complexity index is 449. The predicted molar refractivity (Wildman–Crippen MR) is 88.0 cm³/mol. The van der Waals surface area contributed by atoms with Crippen molar-refractivity contribution in [2.24, 2.45) is 11.7 Å². The highest BCUT2D eigenvalue weighted by atomic mass is 127. The fraction of sp³-hybridized carbons (Fsp3) is 0.571. The summed E-state index contributed by atoms with van der Waals surface area (Å²) in [6.07, 6.45) is 2.01. The van der Waals surface area contributed by atoms with E-state index >= 15 is 0 Å². The summed E-state index contributed by atoms with van der Waals surface area (Å²) < 4.78 is 28.1. The molecule has 1 aromatic carbocycles. The maximum absolute atomic E-state index is 13.9. The van der Waals surface area contributed by atoms with Crippen LogP contribution in [-0.4, -0.2) is 24.0 Å². The van der Waals surface area contributed by atoms with Crippen LogP contribution >= 0.6 is 35.0 Å². The number of piperidine rings is 1. The normalized spacial score (nSPS) is 18.6. The summed E-state index contributed by atoms with van der Waals surface area (Å²) in [5.41, 5.74) is 6.08. The molecule has 1 aliphatic rings. The molecule has 1 aliphatic heterocycles. The molecule has 2 rings (SSSR count). The third-order valence-electron chi connectivity index (χ3n) is 3.90. The third kappa shape index (κ3) is 4.26. The first-order valence-electron chi connectivity index (χ1n) is 6.59. The molecule has 20 heavy (non-hydrogen) atoms. The van der Waals surface area contributed by atoms with Gasteiger partial charge in [0.15, 0.2) is 0 Å². The molecule has 0 saturated carbocycles. The Morgan fingerprint density at radius 1 is 1.35 bits per heavy atom. The molecule has 1 atom stereocenters. The fourth-order valence-corrected chi connectivity index (χ4v) is 3.08. The Labute approximate surface area is 138 Å². The summed E-state index contributed by atoms with van der Waals surface area (Å²) in [5, 5.41) is 0. The molecule has 0 aromatic heterocycles. The van der Waals surface area contributed by atoms with E-state index in [2.05, 4.69) is 4.90 Å². The van der Waals surface area contributed by atoms with Crippen molar-refractivity contribution in [1.29, 1.82) is 0 Å². The zero-order valence-electron chi connectivity index (χ0n) is 11.4. The van der Waals surface area contributed by atoms with Crippen LogP contribution in [0.1, 0.15) is 25.3 Å². The van der Waals surface area contributed by atoms with Gasteiger partial charge in [0.05, 0.1) is 0 Å². The van der Waals surface area contributed by atoms with Crippen molar-refractivity contribution in [3.63, 3.8) is 0 Å². The first-order valence-corrected chi connectivity index (χ1v) is 7.67. The summed E-state index contributed by atoms with van der Waals surface area (Å²) in [7, 11) is 0. The molecule has 2 nitrogen and oxygen atoms in total. The molecule has 1 heterocycles. The van der Waals surface area contributed by atoms with Crippen molar-refractivity contribution in [1.82, 2.24) is 4.90 Å². The highest BCUT2D eigenvalue weighted by molar-refractivity contribution is 14.1. The summed E-state index contributed by atoms with van der Waals surface area (Å²) >= 11 is 1.90. The van der Waals surface area contributed by atoms with Crippen LogP contribution in [0.3, 0.4) is 0 Å². The van der Waals surface area contributed by atoms with Crippen molar-refractivity contribution in [3.05, 3.63) is 32.9 Å². The molecular formula is C14H20ClF2IN2. The Hall–Kier alpha value is 0.0200. The topological polar surface area (TPSA) is 29.3 Å². The summed E-state index contributed by atoms with van der Waals surface area (Å²) in [4.78, 5) is 2.11. The zero-order valence-corrected chi connectivity index (χ0v) is 14.4.